The van der Waals surface area contributed by atoms with E-state index in [0.717, 1.165) is 0 Å². The Kier molecular flexibility index (Phi) is 4.47. The summed E-state index contributed by atoms with van der Waals surface area (Å²) < 4.78 is 31.9. The van der Waals surface area contributed by atoms with Crippen LogP contribution in [0.3, 0.4) is 0 Å². The quantitative estimate of drug-likeness (QED) is 0.647. The standard InChI is InChI=1S/C18H20N4O5S/c1-27-14-5-3-4-12-15(14)19-10-13-16(12)22(18(24)20-17(13)23)11-6-8-21(9-7-11)28(2,25)26/h3-5,10-11H,6-9H2,1-2H3,(H,20,23,24). The Hall–Kier alpha value is -2.72. The molecule has 0 amide bonds. The lowest BCUT2D eigenvalue weighted by Crippen LogP contribution is -2.41. The molecule has 3 aromatic rings. The number of piperidine rings is 1. The Balaban J connectivity index is 1.95. The highest BCUT2D eigenvalue weighted by Crippen LogP contribution is 2.31. The van der Waals surface area contributed by atoms with E-state index in [1.165, 1.54) is 23.9 Å². The summed E-state index contributed by atoms with van der Waals surface area (Å²) in [4.78, 5) is 31.9. The first-order valence-corrected chi connectivity index (χ1v) is 10.7. The van der Waals surface area contributed by atoms with Crippen LogP contribution in [0.5, 0.6) is 5.75 Å². The highest BCUT2D eigenvalue weighted by molar-refractivity contribution is 7.88. The fourth-order valence-corrected chi connectivity index (χ4v) is 4.75. The predicted octanol–water partition coefficient (Wildman–Crippen LogP) is 0.843. The maximum Gasteiger partial charge on any atom is 0.329 e. The van der Waals surface area contributed by atoms with Crippen molar-refractivity contribution in [1.82, 2.24) is 18.8 Å². The molecule has 3 heterocycles. The minimum Gasteiger partial charge on any atom is -0.494 e. The molecule has 9 nitrogen and oxygen atoms in total. The van der Waals surface area contributed by atoms with Gasteiger partial charge in [0.2, 0.25) is 10.0 Å². The average Bonchev–Trinajstić information content (AvgIpc) is 2.67. The Morgan fingerprint density at radius 3 is 2.54 bits per heavy atom. The van der Waals surface area contributed by atoms with Crippen LogP contribution in [0, 0.1) is 0 Å². The molecule has 0 spiro atoms. The van der Waals surface area contributed by atoms with Crippen molar-refractivity contribution >= 4 is 31.8 Å². The number of hydrogen-bond donors (Lipinski definition) is 1. The number of methoxy groups -OCH3 is 1. The molecule has 0 atom stereocenters. The lowest BCUT2D eigenvalue weighted by molar-refractivity contribution is 0.274. The first kappa shape index (κ1) is 18.6. The molecule has 2 aromatic heterocycles. The first-order valence-electron chi connectivity index (χ1n) is 8.86. The van der Waals surface area contributed by atoms with Crippen LogP contribution >= 0.6 is 0 Å². The highest BCUT2D eigenvalue weighted by Gasteiger charge is 2.28. The fraction of sp³-hybridized carbons (Fsp3) is 0.389. The van der Waals surface area contributed by atoms with E-state index in [1.54, 1.807) is 22.8 Å². The zero-order chi connectivity index (χ0) is 20.1. The van der Waals surface area contributed by atoms with E-state index in [-0.39, 0.29) is 6.04 Å². The van der Waals surface area contributed by atoms with E-state index >= 15 is 0 Å². The number of pyridine rings is 1. The summed E-state index contributed by atoms with van der Waals surface area (Å²) >= 11 is 0. The molecule has 0 unspecified atom stereocenters. The third-order valence-corrected chi connectivity index (χ3v) is 6.54. The zero-order valence-electron chi connectivity index (χ0n) is 15.5. The number of sulfonamides is 1. The van der Waals surface area contributed by atoms with Crippen LogP contribution in [0.15, 0.2) is 34.0 Å². The first-order chi connectivity index (χ1) is 13.3. The molecule has 1 fully saturated rings. The van der Waals surface area contributed by atoms with Crippen LogP contribution in [0.4, 0.5) is 0 Å². The van der Waals surface area contributed by atoms with Gasteiger partial charge in [0, 0.05) is 30.7 Å². The largest absolute Gasteiger partial charge is 0.494 e. The second-order valence-corrected chi connectivity index (χ2v) is 8.88. The molecule has 0 aliphatic carbocycles. The summed E-state index contributed by atoms with van der Waals surface area (Å²) in [6, 6.07) is 5.11. The van der Waals surface area contributed by atoms with Gasteiger partial charge in [0.25, 0.3) is 5.56 Å². The molecular weight excluding hydrogens is 384 g/mol. The van der Waals surface area contributed by atoms with Crippen molar-refractivity contribution in [3.05, 3.63) is 45.2 Å². The number of aromatic nitrogens is 3. The van der Waals surface area contributed by atoms with Crippen LogP contribution in [0.1, 0.15) is 18.9 Å². The Bertz CT molecular complexity index is 1290. The van der Waals surface area contributed by atoms with Crippen LogP contribution in [0.25, 0.3) is 21.8 Å². The van der Waals surface area contributed by atoms with Gasteiger partial charge in [-0.15, -0.1) is 0 Å². The summed E-state index contributed by atoms with van der Waals surface area (Å²) in [6.07, 6.45) is 3.57. The topological polar surface area (TPSA) is 114 Å². The molecule has 10 heteroatoms. The van der Waals surface area contributed by atoms with E-state index in [2.05, 4.69) is 9.97 Å². The third kappa shape index (κ3) is 2.98. The van der Waals surface area contributed by atoms with Gasteiger partial charge in [-0.1, -0.05) is 12.1 Å². The van der Waals surface area contributed by atoms with E-state index in [9.17, 15) is 18.0 Å². The molecule has 1 aliphatic rings. The van der Waals surface area contributed by atoms with Gasteiger partial charge >= 0.3 is 5.69 Å². The number of H-pyrrole nitrogens is 1. The number of nitrogens with one attached hydrogen (secondary N) is 1. The fourth-order valence-electron chi connectivity index (χ4n) is 3.88. The van der Waals surface area contributed by atoms with Gasteiger partial charge < -0.3 is 4.74 Å². The Labute approximate surface area is 160 Å². The van der Waals surface area contributed by atoms with E-state index < -0.39 is 21.3 Å². The Morgan fingerprint density at radius 1 is 1.18 bits per heavy atom. The molecule has 0 radical (unpaired) electrons. The highest BCUT2D eigenvalue weighted by atomic mass is 32.2. The van der Waals surface area contributed by atoms with Crippen molar-refractivity contribution < 1.29 is 13.2 Å². The molecule has 1 saturated heterocycles. The molecule has 0 saturated carbocycles. The smallest absolute Gasteiger partial charge is 0.329 e. The van der Waals surface area contributed by atoms with Crippen LogP contribution in [0.2, 0.25) is 0 Å². The van der Waals surface area contributed by atoms with Crippen LogP contribution in [-0.2, 0) is 10.0 Å². The zero-order valence-corrected chi connectivity index (χ0v) is 16.3. The lowest BCUT2D eigenvalue weighted by Gasteiger charge is -2.31. The van der Waals surface area contributed by atoms with Crippen LogP contribution < -0.4 is 16.0 Å². The van der Waals surface area contributed by atoms with Crippen LogP contribution in [-0.4, -0.2) is 53.7 Å². The van der Waals surface area contributed by atoms with Gasteiger partial charge in [0.1, 0.15) is 11.3 Å². The van der Waals surface area contributed by atoms with Gasteiger partial charge in [-0.2, -0.15) is 0 Å². The number of rotatable bonds is 3. The summed E-state index contributed by atoms with van der Waals surface area (Å²) in [7, 11) is -1.74. The van der Waals surface area contributed by atoms with E-state index in [1.807, 2.05) is 0 Å². The SMILES string of the molecule is COc1cccc2c1ncc1c(=O)[nH]c(=O)n(C3CCN(S(C)(=O)=O)CC3)c12. The van der Waals surface area contributed by atoms with Crippen molar-refractivity contribution in [2.75, 3.05) is 26.5 Å². The van der Waals surface area contributed by atoms with Crippen molar-refractivity contribution in [3.63, 3.8) is 0 Å². The lowest BCUT2D eigenvalue weighted by atomic mass is 10.0. The summed E-state index contributed by atoms with van der Waals surface area (Å²) in [5.74, 6) is 0.547. The monoisotopic (exact) mass is 404 g/mol. The number of fused-ring (bicyclic) bond motifs is 3. The predicted molar refractivity (Wildman–Crippen MR) is 105 cm³/mol. The number of ether oxygens (including phenoxy) is 1. The molecule has 4 rings (SSSR count). The number of benzene rings is 1. The average molecular weight is 404 g/mol. The molecule has 148 valence electrons. The van der Waals surface area contributed by atoms with Crippen molar-refractivity contribution in [2.45, 2.75) is 18.9 Å². The second kappa shape index (κ2) is 6.71. The normalized spacial score (nSPS) is 16.6. The second-order valence-electron chi connectivity index (χ2n) is 6.90. The molecule has 1 aliphatic heterocycles. The summed E-state index contributed by atoms with van der Waals surface area (Å²) in [6.45, 7) is 0.645. The van der Waals surface area contributed by atoms with Gasteiger partial charge in [-0.05, 0) is 18.9 Å². The molecule has 0 bridgehead atoms. The molecule has 1 N–H and O–H groups in total. The maximum atomic E-state index is 12.8. The Morgan fingerprint density at radius 2 is 1.89 bits per heavy atom. The summed E-state index contributed by atoms with van der Waals surface area (Å²) in [5, 5.41) is 0.955. The van der Waals surface area contributed by atoms with Crippen molar-refractivity contribution in [1.29, 1.82) is 0 Å². The number of hydrogen-bond acceptors (Lipinski definition) is 6. The number of nitrogens with zero attached hydrogens (tertiary/aromatic N) is 3. The van der Waals surface area contributed by atoms with E-state index in [4.69, 9.17) is 4.74 Å². The summed E-state index contributed by atoms with van der Waals surface area (Å²) in [5.41, 5.74) is 0.0490. The van der Waals surface area contributed by atoms with Gasteiger partial charge in [0.15, 0.2) is 0 Å². The van der Waals surface area contributed by atoms with Gasteiger partial charge in [0.05, 0.1) is 24.3 Å². The maximum absolute atomic E-state index is 12.8. The molecule has 28 heavy (non-hydrogen) atoms. The minimum absolute atomic E-state index is 0.235. The van der Waals surface area contributed by atoms with Gasteiger partial charge in [-0.3, -0.25) is 19.3 Å². The van der Waals surface area contributed by atoms with Crippen molar-refractivity contribution in [2.24, 2.45) is 0 Å². The molecule has 1 aromatic carbocycles. The third-order valence-electron chi connectivity index (χ3n) is 5.23. The van der Waals surface area contributed by atoms with Crippen molar-refractivity contribution in [3.8, 4) is 5.75 Å². The molecular formula is C18H20N4O5S. The minimum atomic E-state index is -3.27. The van der Waals surface area contributed by atoms with E-state index in [0.29, 0.717) is 53.5 Å². The number of aromatic amines is 1. The van der Waals surface area contributed by atoms with Gasteiger partial charge in [-0.25, -0.2) is 17.5 Å². The number of para-hydroxylation sites is 1.